The second kappa shape index (κ2) is 9.39. The first kappa shape index (κ1) is 20.1. The average Bonchev–Trinajstić information content (AvgIpc) is 2.50. The van der Waals surface area contributed by atoms with Crippen LogP contribution >= 0.6 is 0 Å². The van der Waals surface area contributed by atoms with Crippen molar-refractivity contribution in [3.05, 3.63) is 12.2 Å². The molecule has 0 aromatic heterocycles. The van der Waals surface area contributed by atoms with Gasteiger partial charge in [0.25, 0.3) is 0 Å². The Balaban J connectivity index is 3.01. The smallest absolute Gasteiger partial charge is 0.330 e. The van der Waals surface area contributed by atoms with Gasteiger partial charge in [-0.05, 0) is 13.0 Å². The molecule has 0 bridgehead atoms. The van der Waals surface area contributed by atoms with Gasteiger partial charge in [0.15, 0.2) is 12.4 Å². The summed E-state index contributed by atoms with van der Waals surface area (Å²) in [5.74, 6) is -1.96. The van der Waals surface area contributed by atoms with Gasteiger partial charge in [0.1, 0.15) is 12.2 Å². The number of carbonyl (C=O) groups is 3. The zero-order chi connectivity index (χ0) is 18.3. The molecule has 136 valence electrons. The van der Waals surface area contributed by atoms with Crippen LogP contribution < -0.4 is 0 Å². The molecular formula is C16H24O8. The van der Waals surface area contributed by atoms with E-state index in [2.05, 4.69) is 0 Å². The van der Waals surface area contributed by atoms with Gasteiger partial charge < -0.3 is 23.7 Å². The Morgan fingerprint density at radius 2 is 1.67 bits per heavy atom. The molecule has 1 rings (SSSR count). The van der Waals surface area contributed by atoms with Crippen molar-refractivity contribution in [2.24, 2.45) is 5.92 Å². The minimum Gasteiger partial charge on any atom is -0.463 e. The first-order valence-electron chi connectivity index (χ1n) is 7.67. The van der Waals surface area contributed by atoms with Crippen molar-refractivity contribution < 1.29 is 38.1 Å². The van der Waals surface area contributed by atoms with E-state index in [0.717, 1.165) is 0 Å². The number of esters is 3. The Bertz CT molecular complexity index is 486. The van der Waals surface area contributed by atoms with Gasteiger partial charge in [-0.2, -0.15) is 0 Å². The summed E-state index contributed by atoms with van der Waals surface area (Å²) in [5, 5.41) is 0. The second-order valence-electron chi connectivity index (χ2n) is 5.32. The molecule has 0 aromatic rings. The molecule has 0 aromatic carbocycles. The van der Waals surface area contributed by atoms with Gasteiger partial charge in [-0.25, -0.2) is 4.79 Å². The molecule has 1 heterocycles. The normalized spacial score (nSPS) is 30.0. The molecule has 0 unspecified atom stereocenters. The first-order chi connectivity index (χ1) is 11.3. The molecule has 0 N–H and O–H groups in total. The number of methoxy groups -OCH3 is 1. The fraction of sp³-hybridized carbons (Fsp3) is 0.688. The maximum Gasteiger partial charge on any atom is 0.330 e. The van der Waals surface area contributed by atoms with Crippen molar-refractivity contribution in [2.75, 3.05) is 13.7 Å². The quantitative estimate of drug-likeness (QED) is 0.399. The fourth-order valence-electron chi connectivity index (χ4n) is 2.47. The third-order valence-electron chi connectivity index (χ3n) is 3.46. The minimum atomic E-state index is -0.854. The van der Waals surface area contributed by atoms with Crippen LogP contribution in [0.4, 0.5) is 0 Å². The highest BCUT2D eigenvalue weighted by atomic mass is 16.7. The van der Waals surface area contributed by atoms with Gasteiger partial charge >= 0.3 is 17.9 Å². The molecule has 0 amide bonds. The van der Waals surface area contributed by atoms with Crippen LogP contribution in [0.1, 0.15) is 27.7 Å². The molecule has 8 nitrogen and oxygen atoms in total. The summed E-state index contributed by atoms with van der Waals surface area (Å²) < 4.78 is 26.3. The van der Waals surface area contributed by atoms with Gasteiger partial charge in [-0.3, -0.25) is 9.59 Å². The lowest BCUT2D eigenvalue weighted by atomic mass is 9.90. The van der Waals surface area contributed by atoms with E-state index in [1.54, 1.807) is 13.8 Å². The largest absolute Gasteiger partial charge is 0.463 e. The molecule has 1 fully saturated rings. The van der Waals surface area contributed by atoms with Crippen molar-refractivity contribution in [3.8, 4) is 0 Å². The number of rotatable bonds is 6. The van der Waals surface area contributed by atoms with Gasteiger partial charge in [0.2, 0.25) is 0 Å². The Morgan fingerprint density at radius 1 is 1.08 bits per heavy atom. The topological polar surface area (TPSA) is 97.4 Å². The zero-order valence-corrected chi connectivity index (χ0v) is 14.5. The zero-order valence-electron chi connectivity index (χ0n) is 14.5. The van der Waals surface area contributed by atoms with Crippen LogP contribution in [0.2, 0.25) is 0 Å². The minimum absolute atomic E-state index is 0.244. The monoisotopic (exact) mass is 344 g/mol. The molecule has 0 radical (unpaired) electrons. The number of hydrogen-bond acceptors (Lipinski definition) is 8. The highest BCUT2D eigenvalue weighted by molar-refractivity contribution is 5.82. The van der Waals surface area contributed by atoms with Crippen molar-refractivity contribution in [1.82, 2.24) is 0 Å². The van der Waals surface area contributed by atoms with Crippen molar-refractivity contribution in [1.29, 1.82) is 0 Å². The SMILES string of the molecule is CCOC(=O)/C=C/[C@@H]1O[C@@H](OC)[C@H](OC(C)=O)[C@@H](C)[C@@H]1OC(C)=O. The summed E-state index contributed by atoms with van der Waals surface area (Å²) in [4.78, 5) is 34.2. The van der Waals surface area contributed by atoms with Crippen LogP contribution in [-0.2, 0) is 38.1 Å². The number of hydrogen-bond donors (Lipinski definition) is 0. The lowest BCUT2D eigenvalue weighted by molar-refractivity contribution is -0.272. The van der Waals surface area contributed by atoms with Gasteiger partial charge in [-0.15, -0.1) is 0 Å². The van der Waals surface area contributed by atoms with Gasteiger partial charge in [0.05, 0.1) is 6.61 Å². The standard InChI is InChI=1S/C16H24O8/c1-6-21-13(19)8-7-12-14(22-10(3)17)9(2)15(23-11(4)18)16(20-5)24-12/h7-9,12,14-16H,6H2,1-5H3/b8-7+/t9-,12-,14-,15+,16+/m0/s1. The Morgan fingerprint density at radius 3 is 2.17 bits per heavy atom. The maximum atomic E-state index is 11.5. The van der Waals surface area contributed by atoms with Crippen LogP contribution in [0, 0.1) is 5.92 Å². The highest BCUT2D eigenvalue weighted by Crippen LogP contribution is 2.31. The Kier molecular flexibility index (Phi) is 7.87. The second-order valence-corrected chi connectivity index (χ2v) is 5.32. The van der Waals surface area contributed by atoms with E-state index in [1.165, 1.54) is 33.1 Å². The molecular weight excluding hydrogens is 320 g/mol. The third-order valence-corrected chi connectivity index (χ3v) is 3.46. The lowest BCUT2D eigenvalue weighted by Crippen LogP contribution is -2.55. The molecule has 24 heavy (non-hydrogen) atoms. The van der Waals surface area contributed by atoms with Crippen molar-refractivity contribution >= 4 is 17.9 Å². The van der Waals surface area contributed by atoms with E-state index in [-0.39, 0.29) is 6.61 Å². The maximum absolute atomic E-state index is 11.5. The van der Waals surface area contributed by atoms with Crippen LogP contribution in [-0.4, -0.2) is 56.2 Å². The number of carbonyl (C=O) groups excluding carboxylic acids is 3. The molecule has 5 atom stereocenters. The van der Waals surface area contributed by atoms with Crippen molar-refractivity contribution in [3.63, 3.8) is 0 Å². The van der Waals surface area contributed by atoms with Gasteiger partial charge in [0, 0.05) is 33.0 Å². The molecule has 0 spiro atoms. The van der Waals surface area contributed by atoms with E-state index in [1.807, 2.05) is 0 Å². The Labute approximate surface area is 141 Å². The van der Waals surface area contributed by atoms with Crippen LogP contribution in [0.15, 0.2) is 12.2 Å². The van der Waals surface area contributed by atoms with E-state index < -0.39 is 48.4 Å². The highest BCUT2D eigenvalue weighted by Gasteiger charge is 2.46. The molecule has 8 heteroatoms. The predicted molar refractivity (Wildman–Crippen MR) is 81.7 cm³/mol. The third kappa shape index (κ3) is 5.61. The summed E-state index contributed by atoms with van der Waals surface area (Å²) in [6, 6.07) is 0. The summed E-state index contributed by atoms with van der Waals surface area (Å²) in [6.45, 7) is 6.22. The fourth-order valence-corrected chi connectivity index (χ4v) is 2.47. The lowest BCUT2D eigenvalue weighted by Gasteiger charge is -2.42. The van der Waals surface area contributed by atoms with Crippen LogP contribution in [0.3, 0.4) is 0 Å². The molecule has 1 saturated heterocycles. The Hall–Kier alpha value is -1.93. The van der Waals surface area contributed by atoms with Crippen molar-refractivity contribution in [2.45, 2.75) is 52.3 Å². The van der Waals surface area contributed by atoms with Crippen LogP contribution in [0.25, 0.3) is 0 Å². The summed E-state index contributed by atoms with van der Waals surface area (Å²) in [7, 11) is 1.41. The molecule has 1 aliphatic rings. The van der Waals surface area contributed by atoms with Gasteiger partial charge in [-0.1, -0.05) is 6.92 Å². The van der Waals surface area contributed by atoms with E-state index in [4.69, 9.17) is 23.7 Å². The molecule has 0 saturated carbocycles. The summed E-state index contributed by atoms with van der Waals surface area (Å²) in [6.07, 6.45) is -0.445. The van der Waals surface area contributed by atoms with Crippen LogP contribution in [0.5, 0.6) is 0 Å². The average molecular weight is 344 g/mol. The predicted octanol–water partition coefficient (Wildman–Crippen LogP) is 0.976. The van der Waals surface area contributed by atoms with E-state index >= 15 is 0 Å². The first-order valence-corrected chi connectivity index (χ1v) is 7.67. The van der Waals surface area contributed by atoms with E-state index in [9.17, 15) is 14.4 Å². The number of ether oxygens (including phenoxy) is 5. The molecule has 0 aliphatic carbocycles. The summed E-state index contributed by atoms with van der Waals surface area (Å²) >= 11 is 0. The molecule has 1 aliphatic heterocycles. The summed E-state index contributed by atoms with van der Waals surface area (Å²) in [5.41, 5.74) is 0. The van der Waals surface area contributed by atoms with E-state index in [0.29, 0.717) is 0 Å².